The Labute approximate surface area is 241 Å². The van der Waals surface area contributed by atoms with Crippen molar-refractivity contribution in [2.24, 2.45) is 0 Å². The molecule has 42 heavy (non-hydrogen) atoms. The summed E-state index contributed by atoms with van der Waals surface area (Å²) < 4.78 is 33.8. The van der Waals surface area contributed by atoms with E-state index in [-0.39, 0.29) is 12.4 Å². The minimum absolute atomic E-state index is 0.215. The van der Waals surface area contributed by atoms with Crippen LogP contribution in [-0.2, 0) is 42.9 Å². The zero-order valence-electron chi connectivity index (χ0n) is 23.3. The van der Waals surface area contributed by atoms with Crippen LogP contribution in [0.2, 0.25) is 0 Å². The van der Waals surface area contributed by atoms with Gasteiger partial charge in [-0.05, 0) is 24.3 Å². The van der Waals surface area contributed by atoms with Gasteiger partial charge in [0.2, 0.25) is 12.4 Å². The van der Waals surface area contributed by atoms with E-state index in [9.17, 15) is 19.2 Å². The van der Waals surface area contributed by atoms with Gasteiger partial charge in [0.25, 0.3) is 0 Å². The third-order valence-corrected chi connectivity index (χ3v) is 5.85. The summed E-state index contributed by atoms with van der Waals surface area (Å²) in [5, 5.41) is 0. The SMILES string of the molecule is CC(=O)OC[C@H]1O[C@@H](Oc2cc(-c3ccccn3)nc(-c3ccccn3)c2)[C@H](OC(C)=O)[C@@H](OC(C)=O)[C@@H]1OC(C)=O. The van der Waals surface area contributed by atoms with Crippen LogP contribution in [-0.4, -0.2) is 76.1 Å². The maximum absolute atomic E-state index is 12.2. The fraction of sp³-hybridized carbons (Fsp3) is 0.345. The third-order valence-electron chi connectivity index (χ3n) is 5.85. The molecule has 0 unspecified atom stereocenters. The van der Waals surface area contributed by atoms with Gasteiger partial charge in [-0.1, -0.05) is 12.1 Å². The molecule has 0 spiro atoms. The van der Waals surface area contributed by atoms with Gasteiger partial charge in [0.05, 0.1) is 22.8 Å². The molecule has 0 radical (unpaired) electrons. The van der Waals surface area contributed by atoms with Crippen LogP contribution in [0.1, 0.15) is 27.7 Å². The van der Waals surface area contributed by atoms with E-state index in [1.165, 1.54) is 6.92 Å². The summed E-state index contributed by atoms with van der Waals surface area (Å²) in [6.45, 7) is 4.25. The van der Waals surface area contributed by atoms with Crippen LogP contribution in [0.3, 0.4) is 0 Å². The summed E-state index contributed by atoms with van der Waals surface area (Å²) in [6.07, 6.45) is -3.42. The van der Waals surface area contributed by atoms with Crippen molar-refractivity contribution in [1.82, 2.24) is 15.0 Å². The second-order valence-electron chi connectivity index (χ2n) is 9.19. The van der Waals surface area contributed by atoms with E-state index in [4.69, 9.17) is 28.4 Å². The molecule has 1 saturated heterocycles. The van der Waals surface area contributed by atoms with Gasteiger partial charge in [-0.2, -0.15) is 0 Å². The number of hydrogen-bond donors (Lipinski definition) is 0. The molecule has 0 amide bonds. The minimum Gasteiger partial charge on any atom is -0.463 e. The topological polar surface area (TPSA) is 162 Å². The standard InChI is InChI=1S/C29H29N3O10/c1-16(33)37-15-25-26(38-17(2)34)27(39-18(3)35)28(40-19(4)36)29(42-25)41-20-13-23(21-9-5-7-11-30-21)32-24(14-20)22-10-6-8-12-31-22/h5-14,25-29H,15H2,1-4H3/t25-,26-,27+,28-,29-/m1/s1. The fourth-order valence-corrected chi connectivity index (χ4v) is 4.28. The molecule has 1 aliphatic heterocycles. The zero-order valence-corrected chi connectivity index (χ0v) is 23.3. The number of ether oxygens (including phenoxy) is 6. The smallest absolute Gasteiger partial charge is 0.303 e. The van der Waals surface area contributed by atoms with E-state index in [0.29, 0.717) is 22.8 Å². The lowest BCUT2D eigenvalue weighted by Crippen LogP contribution is -2.63. The second kappa shape index (κ2) is 13.6. The van der Waals surface area contributed by atoms with Crippen LogP contribution in [0.25, 0.3) is 22.8 Å². The van der Waals surface area contributed by atoms with E-state index in [0.717, 1.165) is 20.8 Å². The quantitative estimate of drug-likeness (QED) is 0.269. The van der Waals surface area contributed by atoms with Crippen molar-refractivity contribution < 1.29 is 47.6 Å². The Hall–Kier alpha value is -4.91. The Bertz CT molecular complexity index is 1360. The molecule has 220 valence electrons. The van der Waals surface area contributed by atoms with Crippen LogP contribution < -0.4 is 4.74 Å². The largest absolute Gasteiger partial charge is 0.463 e. The maximum atomic E-state index is 12.2. The molecule has 5 atom stereocenters. The van der Waals surface area contributed by atoms with Crippen LogP contribution >= 0.6 is 0 Å². The summed E-state index contributed by atoms with van der Waals surface area (Å²) in [5.41, 5.74) is 1.97. The molecular weight excluding hydrogens is 550 g/mol. The van der Waals surface area contributed by atoms with Crippen molar-refractivity contribution >= 4 is 23.9 Å². The molecule has 1 aliphatic rings. The fourth-order valence-electron chi connectivity index (χ4n) is 4.28. The van der Waals surface area contributed by atoms with Crippen molar-refractivity contribution in [1.29, 1.82) is 0 Å². The summed E-state index contributed by atoms with van der Waals surface area (Å²) in [5.74, 6) is -2.64. The molecule has 3 aromatic rings. The van der Waals surface area contributed by atoms with Gasteiger partial charge < -0.3 is 28.4 Å². The molecule has 1 fully saturated rings. The number of pyridine rings is 3. The van der Waals surface area contributed by atoms with Gasteiger partial charge in [0.1, 0.15) is 18.5 Å². The highest BCUT2D eigenvalue weighted by Crippen LogP contribution is 2.33. The van der Waals surface area contributed by atoms with E-state index >= 15 is 0 Å². The molecule has 0 saturated carbocycles. The van der Waals surface area contributed by atoms with Crippen LogP contribution in [0, 0.1) is 0 Å². The second-order valence-corrected chi connectivity index (χ2v) is 9.19. The Kier molecular flexibility index (Phi) is 9.76. The van der Waals surface area contributed by atoms with Crippen LogP contribution in [0.15, 0.2) is 60.9 Å². The van der Waals surface area contributed by atoms with Gasteiger partial charge in [-0.3, -0.25) is 29.1 Å². The predicted molar refractivity (Wildman–Crippen MR) is 143 cm³/mol. The van der Waals surface area contributed by atoms with Gasteiger partial charge in [-0.15, -0.1) is 0 Å². The molecule has 0 bridgehead atoms. The van der Waals surface area contributed by atoms with E-state index in [2.05, 4.69) is 15.0 Å². The minimum atomic E-state index is -1.42. The third kappa shape index (κ3) is 7.85. The summed E-state index contributed by atoms with van der Waals surface area (Å²) in [6, 6.07) is 13.9. The van der Waals surface area contributed by atoms with Crippen molar-refractivity contribution in [2.45, 2.75) is 58.4 Å². The van der Waals surface area contributed by atoms with E-state index in [1.54, 1.807) is 60.9 Å². The average molecular weight is 580 g/mol. The molecule has 4 rings (SSSR count). The van der Waals surface area contributed by atoms with Crippen molar-refractivity contribution in [3.63, 3.8) is 0 Å². The molecular formula is C29H29N3O10. The number of aromatic nitrogens is 3. The first-order chi connectivity index (χ1) is 20.1. The zero-order chi connectivity index (χ0) is 30.2. The Morgan fingerprint density at radius 3 is 1.69 bits per heavy atom. The molecule has 13 nitrogen and oxygen atoms in total. The average Bonchev–Trinajstić information content (AvgIpc) is 2.95. The molecule has 0 N–H and O–H groups in total. The van der Waals surface area contributed by atoms with Crippen molar-refractivity contribution in [3.05, 3.63) is 60.9 Å². The van der Waals surface area contributed by atoms with Crippen molar-refractivity contribution in [2.75, 3.05) is 6.61 Å². The first-order valence-electron chi connectivity index (χ1n) is 12.9. The lowest BCUT2D eigenvalue weighted by Gasteiger charge is -2.43. The number of hydrogen-bond acceptors (Lipinski definition) is 13. The van der Waals surface area contributed by atoms with Gasteiger partial charge in [0, 0.05) is 52.2 Å². The summed E-state index contributed by atoms with van der Waals surface area (Å²) in [7, 11) is 0. The number of nitrogens with zero attached hydrogens (tertiary/aromatic N) is 3. The molecule has 13 heteroatoms. The Morgan fingerprint density at radius 2 is 1.21 bits per heavy atom. The lowest BCUT2D eigenvalue weighted by atomic mass is 9.98. The molecule has 0 aromatic carbocycles. The van der Waals surface area contributed by atoms with Gasteiger partial charge in [0.15, 0.2) is 12.2 Å². The highest BCUT2D eigenvalue weighted by atomic mass is 16.7. The lowest BCUT2D eigenvalue weighted by molar-refractivity contribution is -0.288. The van der Waals surface area contributed by atoms with E-state index < -0.39 is 54.6 Å². The Morgan fingerprint density at radius 1 is 0.690 bits per heavy atom. The molecule has 3 aromatic heterocycles. The van der Waals surface area contributed by atoms with Crippen LogP contribution in [0.5, 0.6) is 5.75 Å². The monoisotopic (exact) mass is 579 g/mol. The summed E-state index contributed by atoms with van der Waals surface area (Å²) in [4.78, 5) is 61.3. The highest BCUT2D eigenvalue weighted by Gasteiger charge is 2.53. The first-order valence-corrected chi connectivity index (χ1v) is 12.9. The number of carbonyl (C=O) groups is 4. The van der Waals surface area contributed by atoms with E-state index in [1.807, 2.05) is 0 Å². The number of carbonyl (C=O) groups excluding carboxylic acids is 4. The normalized spacial score (nSPS) is 21.5. The molecule has 0 aliphatic carbocycles. The van der Waals surface area contributed by atoms with Crippen LogP contribution in [0.4, 0.5) is 0 Å². The van der Waals surface area contributed by atoms with Crippen molar-refractivity contribution in [3.8, 4) is 28.5 Å². The Balaban J connectivity index is 1.78. The molecule has 4 heterocycles. The van der Waals surface area contributed by atoms with Gasteiger partial charge in [-0.25, -0.2) is 4.98 Å². The highest BCUT2D eigenvalue weighted by molar-refractivity contribution is 5.69. The predicted octanol–water partition coefficient (Wildman–Crippen LogP) is 2.67. The number of esters is 4. The van der Waals surface area contributed by atoms with Gasteiger partial charge >= 0.3 is 23.9 Å². The number of rotatable bonds is 9. The maximum Gasteiger partial charge on any atom is 0.303 e. The first kappa shape index (κ1) is 30.1. The summed E-state index contributed by atoms with van der Waals surface area (Å²) >= 11 is 0.